The molecule has 0 radical (unpaired) electrons. The van der Waals surface area contributed by atoms with Gasteiger partial charge in [-0.05, 0) is 5.92 Å². The van der Waals surface area contributed by atoms with E-state index in [1.54, 1.807) is 0 Å². The van der Waals surface area contributed by atoms with Crippen molar-refractivity contribution in [1.82, 2.24) is 0 Å². The van der Waals surface area contributed by atoms with Crippen LogP contribution in [-0.4, -0.2) is 23.6 Å². The highest BCUT2D eigenvalue weighted by Gasteiger charge is 2.13. The molecule has 64 valence electrons. The molecule has 5 heteroatoms. The Morgan fingerprint density at radius 3 is 2.55 bits per heavy atom. The van der Waals surface area contributed by atoms with Crippen LogP contribution in [0.5, 0.6) is 0 Å². The summed E-state index contributed by atoms with van der Waals surface area (Å²) in [4.78, 5) is 10.2. The third-order valence-corrected chi connectivity index (χ3v) is 1.12. The van der Waals surface area contributed by atoms with Gasteiger partial charge in [-0.25, -0.2) is 4.79 Å². The quantitative estimate of drug-likeness (QED) is 0.359. The van der Waals surface area contributed by atoms with Crippen LogP contribution in [0.1, 0.15) is 13.8 Å². The van der Waals surface area contributed by atoms with E-state index in [9.17, 15) is 4.79 Å². The van der Waals surface area contributed by atoms with Gasteiger partial charge in [-0.2, -0.15) is 0 Å². The molecule has 0 aliphatic carbocycles. The third-order valence-electron chi connectivity index (χ3n) is 1.12. The summed E-state index contributed by atoms with van der Waals surface area (Å²) in [7, 11) is 0. The van der Waals surface area contributed by atoms with Crippen molar-refractivity contribution in [2.75, 3.05) is 0 Å². The molecule has 11 heavy (non-hydrogen) atoms. The van der Waals surface area contributed by atoms with Crippen molar-refractivity contribution in [1.29, 1.82) is 0 Å². The zero-order valence-electron chi connectivity index (χ0n) is 6.52. The lowest BCUT2D eigenvalue weighted by molar-refractivity contribution is 0.116. The predicted octanol–water partition coefficient (Wildman–Crippen LogP) is 0.566. The van der Waals surface area contributed by atoms with Crippen LogP contribution in [0.25, 0.3) is 0 Å². The molecular formula is C6H12N2O3. The van der Waals surface area contributed by atoms with Gasteiger partial charge in [-0.1, -0.05) is 19.0 Å². The number of oxime groups is 1. The number of ether oxygens (including phenoxy) is 1. The molecule has 1 unspecified atom stereocenters. The molecule has 0 fully saturated rings. The Kier molecular flexibility index (Phi) is 4.02. The lowest BCUT2D eigenvalue weighted by Crippen LogP contribution is -2.28. The van der Waals surface area contributed by atoms with Crippen molar-refractivity contribution in [3.8, 4) is 0 Å². The maximum Gasteiger partial charge on any atom is 0.405 e. The van der Waals surface area contributed by atoms with Crippen LogP contribution in [0.15, 0.2) is 5.16 Å². The molecule has 0 aromatic carbocycles. The van der Waals surface area contributed by atoms with Gasteiger partial charge < -0.3 is 15.7 Å². The van der Waals surface area contributed by atoms with Gasteiger partial charge in [0.15, 0.2) is 0 Å². The van der Waals surface area contributed by atoms with E-state index in [1.165, 1.54) is 0 Å². The van der Waals surface area contributed by atoms with Gasteiger partial charge >= 0.3 is 6.09 Å². The summed E-state index contributed by atoms with van der Waals surface area (Å²) in [5.41, 5.74) is 4.76. The van der Waals surface area contributed by atoms with Crippen LogP contribution in [0.4, 0.5) is 4.79 Å². The molecule has 0 heterocycles. The number of nitrogens with two attached hydrogens (primary N) is 1. The van der Waals surface area contributed by atoms with Crippen molar-refractivity contribution < 1.29 is 14.7 Å². The number of primary amides is 1. The van der Waals surface area contributed by atoms with Crippen molar-refractivity contribution in [3.05, 3.63) is 0 Å². The second-order valence-corrected chi connectivity index (χ2v) is 2.41. The smallest absolute Gasteiger partial charge is 0.405 e. The van der Waals surface area contributed by atoms with E-state index in [0.29, 0.717) is 0 Å². The average molecular weight is 160 g/mol. The highest BCUT2D eigenvalue weighted by molar-refractivity contribution is 5.71. The van der Waals surface area contributed by atoms with Crippen LogP contribution < -0.4 is 5.73 Å². The second kappa shape index (κ2) is 4.54. The third kappa shape index (κ3) is 4.19. The molecule has 1 atom stereocenters. The summed E-state index contributed by atoms with van der Waals surface area (Å²) in [6, 6.07) is 0. The molecule has 5 nitrogen and oxygen atoms in total. The van der Waals surface area contributed by atoms with Gasteiger partial charge in [0.1, 0.15) is 6.10 Å². The minimum atomic E-state index is -0.872. The molecule has 0 aromatic rings. The molecule has 0 aliphatic rings. The molecule has 3 N–H and O–H groups in total. The van der Waals surface area contributed by atoms with Crippen molar-refractivity contribution in [3.63, 3.8) is 0 Å². The van der Waals surface area contributed by atoms with Gasteiger partial charge in [-0.15, -0.1) is 0 Å². The summed E-state index contributed by atoms with van der Waals surface area (Å²) in [6.07, 6.45) is -0.309. The van der Waals surface area contributed by atoms with E-state index in [0.717, 1.165) is 6.21 Å². The van der Waals surface area contributed by atoms with Gasteiger partial charge in [0.2, 0.25) is 0 Å². The first-order valence-electron chi connectivity index (χ1n) is 3.21. The van der Waals surface area contributed by atoms with E-state index in [2.05, 4.69) is 9.89 Å². The highest BCUT2D eigenvalue weighted by Crippen LogP contribution is 2.03. The van der Waals surface area contributed by atoms with Gasteiger partial charge in [0, 0.05) is 0 Å². The number of carbonyl (C=O) groups is 1. The van der Waals surface area contributed by atoms with Gasteiger partial charge in [0.05, 0.1) is 6.21 Å². The summed E-state index contributed by atoms with van der Waals surface area (Å²) in [6.45, 7) is 3.63. The van der Waals surface area contributed by atoms with E-state index >= 15 is 0 Å². The fraction of sp³-hybridized carbons (Fsp3) is 0.667. The zero-order chi connectivity index (χ0) is 8.85. The molecule has 0 saturated carbocycles. The lowest BCUT2D eigenvalue weighted by Gasteiger charge is -2.14. The highest BCUT2D eigenvalue weighted by atomic mass is 16.6. The molecule has 0 bridgehead atoms. The zero-order valence-corrected chi connectivity index (χ0v) is 6.52. The largest absolute Gasteiger partial charge is 0.440 e. The van der Waals surface area contributed by atoms with Crippen LogP contribution in [0.2, 0.25) is 0 Å². The topological polar surface area (TPSA) is 84.9 Å². The minimum Gasteiger partial charge on any atom is -0.440 e. The first-order chi connectivity index (χ1) is 5.07. The Bertz CT molecular complexity index is 156. The summed E-state index contributed by atoms with van der Waals surface area (Å²) in [5, 5.41) is 10.9. The number of amides is 1. The van der Waals surface area contributed by atoms with E-state index in [1.807, 2.05) is 13.8 Å². The summed E-state index contributed by atoms with van der Waals surface area (Å²) >= 11 is 0. The van der Waals surface area contributed by atoms with E-state index < -0.39 is 12.2 Å². The van der Waals surface area contributed by atoms with E-state index in [4.69, 9.17) is 10.9 Å². The molecule has 0 aliphatic heterocycles. The van der Waals surface area contributed by atoms with Crippen molar-refractivity contribution in [2.24, 2.45) is 16.8 Å². The Morgan fingerprint density at radius 1 is 1.73 bits per heavy atom. The Labute approximate surface area is 64.8 Å². The maximum absolute atomic E-state index is 10.2. The Hall–Kier alpha value is -1.26. The second-order valence-electron chi connectivity index (χ2n) is 2.41. The maximum atomic E-state index is 10.2. The molecule has 1 amide bonds. The predicted molar refractivity (Wildman–Crippen MR) is 39.6 cm³/mol. The van der Waals surface area contributed by atoms with Crippen molar-refractivity contribution in [2.45, 2.75) is 20.0 Å². The van der Waals surface area contributed by atoms with Crippen LogP contribution in [0.3, 0.4) is 0 Å². The SMILES string of the molecule is CC(C)C(C=NO)OC(N)=O. The average Bonchev–Trinajstić information content (AvgIpc) is 1.86. The molecular weight excluding hydrogens is 148 g/mol. The van der Waals surface area contributed by atoms with Gasteiger partial charge in [-0.3, -0.25) is 0 Å². The number of nitrogens with zero attached hydrogens (tertiary/aromatic N) is 1. The van der Waals surface area contributed by atoms with Crippen LogP contribution in [-0.2, 0) is 4.74 Å². The minimum absolute atomic E-state index is 0.0402. The number of carbonyl (C=O) groups excluding carboxylic acids is 1. The van der Waals surface area contributed by atoms with Crippen LogP contribution >= 0.6 is 0 Å². The first-order valence-corrected chi connectivity index (χ1v) is 3.21. The molecule has 0 rings (SSSR count). The van der Waals surface area contributed by atoms with Crippen molar-refractivity contribution >= 4 is 12.3 Å². The summed E-state index contributed by atoms with van der Waals surface area (Å²) < 4.78 is 4.58. The summed E-state index contributed by atoms with van der Waals surface area (Å²) in [5.74, 6) is 0.0402. The van der Waals surface area contributed by atoms with Crippen LogP contribution in [0, 0.1) is 5.92 Å². The standard InChI is InChI=1S/C6H12N2O3/c1-4(2)5(3-8-10)11-6(7)9/h3-5,10H,1-2H3,(H2,7,9). The fourth-order valence-electron chi connectivity index (χ4n) is 0.538. The first kappa shape index (κ1) is 9.74. The fourth-order valence-corrected chi connectivity index (χ4v) is 0.538. The Balaban J connectivity index is 4.00. The number of hydrogen-bond donors (Lipinski definition) is 2. The van der Waals surface area contributed by atoms with Gasteiger partial charge in [0.25, 0.3) is 0 Å². The number of rotatable bonds is 3. The normalized spacial score (nSPS) is 13.7. The molecule has 0 aromatic heterocycles. The van der Waals surface area contributed by atoms with E-state index in [-0.39, 0.29) is 5.92 Å². The monoisotopic (exact) mass is 160 g/mol. The lowest BCUT2D eigenvalue weighted by atomic mass is 10.1. The number of hydrogen-bond acceptors (Lipinski definition) is 4. The molecule has 0 spiro atoms. The molecule has 0 saturated heterocycles. The Morgan fingerprint density at radius 2 is 2.27 bits per heavy atom.